The van der Waals surface area contributed by atoms with Crippen LogP contribution in [0.2, 0.25) is 5.02 Å². The number of fused-ring (bicyclic) bond motifs is 1. The van der Waals surface area contributed by atoms with Gasteiger partial charge in [-0.15, -0.1) is 0 Å². The van der Waals surface area contributed by atoms with Crippen LogP contribution in [-0.2, 0) is 25.6 Å². The van der Waals surface area contributed by atoms with Gasteiger partial charge in [0, 0.05) is 27.8 Å². The molecular formula is C21H19ClN2O5. The van der Waals surface area contributed by atoms with Crippen LogP contribution in [0.3, 0.4) is 0 Å². The molecule has 1 amide bonds. The number of ether oxygens (including phenoxy) is 2. The number of carbonyl (C=O) groups excluding carboxylic acids is 3. The Labute approximate surface area is 172 Å². The van der Waals surface area contributed by atoms with E-state index in [-0.39, 0.29) is 6.54 Å². The van der Waals surface area contributed by atoms with Crippen molar-refractivity contribution in [3.8, 4) is 0 Å². The average Bonchev–Trinajstić information content (AvgIpc) is 3.06. The van der Waals surface area contributed by atoms with Gasteiger partial charge in [0.05, 0.1) is 12.7 Å². The van der Waals surface area contributed by atoms with E-state index in [2.05, 4.69) is 5.32 Å². The number of hydrogen-bond acceptors (Lipinski definition) is 5. The van der Waals surface area contributed by atoms with E-state index >= 15 is 0 Å². The first-order chi connectivity index (χ1) is 13.9. The minimum Gasteiger partial charge on any atom is -0.465 e. The number of rotatable bonds is 6. The SMILES string of the molecule is COC(=O)c1cn(CC(=O)O[C@H](C)C(=O)Nc2cccc(Cl)c2)c2ccccc12. The number of aromatic nitrogens is 1. The van der Waals surface area contributed by atoms with Gasteiger partial charge in [-0.1, -0.05) is 35.9 Å². The van der Waals surface area contributed by atoms with E-state index in [0.29, 0.717) is 27.2 Å². The molecule has 0 saturated heterocycles. The lowest BCUT2D eigenvalue weighted by Crippen LogP contribution is -2.31. The second-order valence-corrected chi connectivity index (χ2v) is 6.75. The quantitative estimate of drug-likeness (QED) is 0.622. The first kappa shape index (κ1) is 20.4. The summed E-state index contributed by atoms with van der Waals surface area (Å²) in [6.45, 7) is 1.32. The summed E-state index contributed by atoms with van der Waals surface area (Å²) in [7, 11) is 1.29. The van der Waals surface area contributed by atoms with Crippen molar-refractivity contribution < 1.29 is 23.9 Å². The second-order valence-electron chi connectivity index (χ2n) is 6.31. The molecule has 0 aliphatic carbocycles. The summed E-state index contributed by atoms with van der Waals surface area (Å²) in [6, 6.07) is 13.8. The molecule has 1 aromatic heterocycles. The fourth-order valence-electron chi connectivity index (χ4n) is 2.89. The van der Waals surface area contributed by atoms with Crippen LogP contribution < -0.4 is 5.32 Å². The van der Waals surface area contributed by atoms with Crippen LogP contribution in [0.1, 0.15) is 17.3 Å². The Morgan fingerprint density at radius 1 is 1.14 bits per heavy atom. The zero-order valence-corrected chi connectivity index (χ0v) is 16.6. The maximum Gasteiger partial charge on any atom is 0.340 e. The highest BCUT2D eigenvalue weighted by atomic mass is 35.5. The van der Waals surface area contributed by atoms with Crippen LogP contribution in [0, 0.1) is 0 Å². The van der Waals surface area contributed by atoms with Gasteiger partial charge < -0.3 is 19.4 Å². The Hall–Kier alpha value is -3.32. The fraction of sp³-hybridized carbons (Fsp3) is 0.190. The van der Waals surface area contributed by atoms with E-state index in [9.17, 15) is 14.4 Å². The van der Waals surface area contributed by atoms with Crippen LogP contribution >= 0.6 is 11.6 Å². The smallest absolute Gasteiger partial charge is 0.340 e. The molecule has 7 nitrogen and oxygen atoms in total. The monoisotopic (exact) mass is 414 g/mol. The topological polar surface area (TPSA) is 86.6 Å². The summed E-state index contributed by atoms with van der Waals surface area (Å²) in [5.74, 6) is -1.59. The predicted octanol–water partition coefficient (Wildman–Crippen LogP) is 3.65. The van der Waals surface area contributed by atoms with Gasteiger partial charge in [0.2, 0.25) is 0 Å². The van der Waals surface area contributed by atoms with Crippen LogP contribution in [0.4, 0.5) is 5.69 Å². The zero-order valence-electron chi connectivity index (χ0n) is 15.8. The van der Waals surface area contributed by atoms with E-state index in [0.717, 1.165) is 0 Å². The van der Waals surface area contributed by atoms with Gasteiger partial charge in [-0.2, -0.15) is 0 Å². The molecular weight excluding hydrogens is 396 g/mol. The van der Waals surface area contributed by atoms with Gasteiger partial charge in [0.1, 0.15) is 6.54 Å². The molecule has 1 heterocycles. The summed E-state index contributed by atoms with van der Waals surface area (Å²) >= 11 is 5.89. The molecule has 1 N–H and O–H groups in total. The third kappa shape index (κ3) is 4.75. The van der Waals surface area contributed by atoms with Crippen molar-refractivity contribution in [3.63, 3.8) is 0 Å². The zero-order chi connectivity index (χ0) is 21.0. The third-order valence-electron chi connectivity index (χ3n) is 4.26. The summed E-state index contributed by atoms with van der Waals surface area (Å²) in [4.78, 5) is 36.6. The average molecular weight is 415 g/mol. The molecule has 0 radical (unpaired) electrons. The number of hydrogen-bond donors (Lipinski definition) is 1. The van der Waals surface area contributed by atoms with E-state index in [4.69, 9.17) is 21.1 Å². The number of benzene rings is 2. The molecule has 0 fully saturated rings. The highest BCUT2D eigenvalue weighted by Crippen LogP contribution is 2.22. The van der Waals surface area contributed by atoms with E-state index in [1.54, 1.807) is 53.1 Å². The fourth-order valence-corrected chi connectivity index (χ4v) is 3.08. The second kappa shape index (κ2) is 8.79. The largest absolute Gasteiger partial charge is 0.465 e. The van der Waals surface area contributed by atoms with Gasteiger partial charge in [0.15, 0.2) is 6.10 Å². The summed E-state index contributed by atoms with van der Waals surface area (Å²) in [6.07, 6.45) is 0.525. The van der Waals surface area contributed by atoms with Gasteiger partial charge in [-0.05, 0) is 31.2 Å². The number of nitrogens with zero attached hydrogens (tertiary/aromatic N) is 1. The number of carbonyl (C=O) groups is 3. The summed E-state index contributed by atoms with van der Waals surface area (Å²) < 4.78 is 11.6. The molecule has 3 aromatic rings. The maximum absolute atomic E-state index is 12.4. The van der Waals surface area contributed by atoms with Gasteiger partial charge in [-0.25, -0.2) is 4.79 Å². The minimum atomic E-state index is -1.01. The molecule has 0 unspecified atom stereocenters. The maximum atomic E-state index is 12.4. The standard InChI is InChI=1S/C21H19ClN2O5/c1-13(20(26)23-15-7-5-6-14(22)10-15)29-19(25)12-24-11-17(21(27)28-2)16-8-3-4-9-18(16)24/h3-11,13H,12H2,1-2H3,(H,23,26)/t13-/m1/s1. The van der Waals surface area contributed by atoms with Crippen molar-refractivity contribution in [3.05, 3.63) is 65.3 Å². The first-order valence-corrected chi connectivity index (χ1v) is 9.19. The molecule has 0 saturated carbocycles. The van der Waals surface area contributed by atoms with E-state index in [1.165, 1.54) is 20.2 Å². The number of halogens is 1. The Kier molecular flexibility index (Phi) is 6.19. The number of nitrogens with one attached hydrogen (secondary N) is 1. The Bertz CT molecular complexity index is 1080. The predicted molar refractivity (Wildman–Crippen MR) is 109 cm³/mol. The number of para-hydroxylation sites is 1. The first-order valence-electron chi connectivity index (χ1n) is 8.81. The van der Waals surface area contributed by atoms with Gasteiger partial charge in [0.25, 0.3) is 5.91 Å². The molecule has 2 aromatic carbocycles. The lowest BCUT2D eigenvalue weighted by atomic mass is 10.2. The molecule has 8 heteroatoms. The van der Waals surface area contributed by atoms with E-state index in [1.807, 2.05) is 0 Å². The van der Waals surface area contributed by atoms with Crippen LogP contribution in [0.5, 0.6) is 0 Å². The Morgan fingerprint density at radius 3 is 2.62 bits per heavy atom. The van der Waals surface area contributed by atoms with Crippen LogP contribution in [0.25, 0.3) is 10.9 Å². The van der Waals surface area contributed by atoms with Crippen molar-refractivity contribution in [1.29, 1.82) is 0 Å². The molecule has 150 valence electrons. The Balaban J connectivity index is 1.69. The highest BCUT2D eigenvalue weighted by molar-refractivity contribution is 6.30. The van der Waals surface area contributed by atoms with Crippen molar-refractivity contribution in [1.82, 2.24) is 4.57 Å². The molecule has 0 bridgehead atoms. The van der Waals surface area contributed by atoms with Crippen LogP contribution in [0.15, 0.2) is 54.7 Å². The van der Waals surface area contributed by atoms with Gasteiger partial charge in [-0.3, -0.25) is 9.59 Å². The van der Waals surface area contributed by atoms with Crippen molar-refractivity contribution in [2.24, 2.45) is 0 Å². The number of amides is 1. The minimum absolute atomic E-state index is 0.160. The Morgan fingerprint density at radius 2 is 1.90 bits per heavy atom. The normalized spacial score (nSPS) is 11.7. The number of anilines is 1. The molecule has 3 rings (SSSR count). The molecule has 29 heavy (non-hydrogen) atoms. The molecule has 0 spiro atoms. The lowest BCUT2D eigenvalue weighted by Gasteiger charge is -2.14. The van der Waals surface area contributed by atoms with Crippen molar-refractivity contribution in [2.45, 2.75) is 19.6 Å². The van der Waals surface area contributed by atoms with Crippen molar-refractivity contribution >= 4 is 46.0 Å². The summed E-state index contributed by atoms with van der Waals surface area (Å²) in [5.41, 5.74) is 1.54. The number of methoxy groups -OCH3 is 1. The molecule has 0 aliphatic rings. The van der Waals surface area contributed by atoms with Crippen molar-refractivity contribution in [2.75, 3.05) is 12.4 Å². The van der Waals surface area contributed by atoms with Crippen LogP contribution in [-0.4, -0.2) is 35.6 Å². The lowest BCUT2D eigenvalue weighted by molar-refractivity contribution is -0.153. The van der Waals surface area contributed by atoms with Gasteiger partial charge >= 0.3 is 11.9 Å². The van der Waals surface area contributed by atoms with E-state index < -0.39 is 23.9 Å². The number of esters is 2. The summed E-state index contributed by atoms with van der Waals surface area (Å²) in [5, 5.41) is 3.79. The highest BCUT2D eigenvalue weighted by Gasteiger charge is 2.21. The molecule has 1 atom stereocenters. The molecule has 0 aliphatic heterocycles. The third-order valence-corrected chi connectivity index (χ3v) is 4.50.